The van der Waals surface area contributed by atoms with Gasteiger partial charge in [0.25, 0.3) is 5.91 Å². The molecule has 7 heteroatoms. The van der Waals surface area contributed by atoms with Crippen LogP contribution in [0.5, 0.6) is 5.75 Å². The maximum absolute atomic E-state index is 13.3. The van der Waals surface area contributed by atoms with Gasteiger partial charge in [-0.2, -0.15) is 0 Å². The Hall–Kier alpha value is -4.00. The van der Waals surface area contributed by atoms with Gasteiger partial charge in [-0.15, -0.1) is 0 Å². The van der Waals surface area contributed by atoms with Gasteiger partial charge in [0.05, 0.1) is 18.4 Å². The Morgan fingerprint density at radius 1 is 0.861 bits per heavy atom. The summed E-state index contributed by atoms with van der Waals surface area (Å²) in [5.74, 6) is 0.643. The van der Waals surface area contributed by atoms with Crippen LogP contribution in [0.3, 0.4) is 0 Å². The quantitative estimate of drug-likeness (QED) is 0.471. The van der Waals surface area contributed by atoms with Crippen LogP contribution < -0.4 is 25.2 Å². The Bertz CT molecular complexity index is 1170. The molecule has 188 valence electrons. The Morgan fingerprint density at radius 2 is 1.53 bits per heavy atom. The van der Waals surface area contributed by atoms with Crippen LogP contribution in [0.4, 0.5) is 17.1 Å². The summed E-state index contributed by atoms with van der Waals surface area (Å²) < 4.78 is 5.54. The second kappa shape index (κ2) is 12.1. The van der Waals surface area contributed by atoms with Crippen molar-refractivity contribution in [2.24, 2.45) is 0 Å². The first-order chi connectivity index (χ1) is 17.6. The lowest BCUT2D eigenvalue weighted by molar-refractivity contribution is -0.115. The maximum atomic E-state index is 13.3. The minimum atomic E-state index is -0.138. The van der Waals surface area contributed by atoms with E-state index < -0.39 is 0 Å². The third kappa shape index (κ3) is 6.16. The highest BCUT2D eigenvalue weighted by Gasteiger charge is 2.23. The van der Waals surface area contributed by atoms with Gasteiger partial charge >= 0.3 is 0 Å². The third-order valence-electron chi connectivity index (χ3n) is 6.43. The van der Waals surface area contributed by atoms with Gasteiger partial charge in [-0.1, -0.05) is 49.4 Å². The molecule has 1 aliphatic rings. The second-order valence-corrected chi connectivity index (χ2v) is 8.77. The van der Waals surface area contributed by atoms with Gasteiger partial charge in [-0.3, -0.25) is 9.59 Å². The van der Waals surface area contributed by atoms with Crippen LogP contribution in [0.2, 0.25) is 0 Å². The molecule has 4 rings (SSSR count). The van der Waals surface area contributed by atoms with Gasteiger partial charge in [-0.25, -0.2) is 0 Å². The van der Waals surface area contributed by atoms with Crippen LogP contribution >= 0.6 is 0 Å². The molecule has 0 aliphatic carbocycles. The Balaban J connectivity index is 1.49. The highest BCUT2D eigenvalue weighted by Crippen LogP contribution is 2.31. The normalized spacial score (nSPS) is 13.3. The molecule has 0 spiro atoms. The van der Waals surface area contributed by atoms with Crippen molar-refractivity contribution in [3.63, 3.8) is 0 Å². The fourth-order valence-electron chi connectivity index (χ4n) is 4.46. The van der Waals surface area contributed by atoms with Gasteiger partial charge in [0.15, 0.2) is 0 Å². The molecule has 3 aromatic rings. The molecule has 0 atom stereocenters. The van der Waals surface area contributed by atoms with E-state index in [0.717, 1.165) is 49.7 Å². The summed E-state index contributed by atoms with van der Waals surface area (Å²) in [5, 5.41) is 5.95. The van der Waals surface area contributed by atoms with Crippen molar-refractivity contribution < 1.29 is 14.3 Å². The number of ether oxygens (including phenoxy) is 1. The molecular weight excluding hydrogens is 452 g/mol. The molecule has 1 fully saturated rings. The molecule has 1 heterocycles. The van der Waals surface area contributed by atoms with E-state index in [-0.39, 0.29) is 11.8 Å². The maximum Gasteiger partial charge on any atom is 0.253 e. The predicted octanol–water partition coefficient (Wildman–Crippen LogP) is 4.34. The summed E-state index contributed by atoms with van der Waals surface area (Å²) in [6.45, 7) is 5.50. The lowest BCUT2D eigenvalue weighted by atomic mass is 10.1. The topological polar surface area (TPSA) is 73.9 Å². The van der Waals surface area contributed by atoms with Gasteiger partial charge in [0.1, 0.15) is 5.75 Å². The van der Waals surface area contributed by atoms with E-state index in [9.17, 15) is 9.59 Å². The molecular formula is C29H34N4O3. The molecule has 0 aromatic heterocycles. The standard InChI is InChI=1S/C29H34N4O3/c1-3-28(34)31-23-13-14-25(24(21-23)29(35)30-16-15-22-9-5-4-6-10-22)32-17-19-33(20-18-32)26-11-7-8-12-27(26)36-2/h4-14,21H,3,15-20H2,1-2H3,(H,30,35)(H,31,34). The van der Waals surface area contributed by atoms with Gasteiger partial charge < -0.3 is 25.2 Å². The average molecular weight is 487 g/mol. The van der Waals surface area contributed by atoms with Crippen LogP contribution in [0, 0.1) is 0 Å². The highest BCUT2D eigenvalue weighted by atomic mass is 16.5. The van der Waals surface area contributed by atoms with Crippen molar-refractivity contribution in [3.8, 4) is 5.75 Å². The third-order valence-corrected chi connectivity index (χ3v) is 6.43. The fourth-order valence-corrected chi connectivity index (χ4v) is 4.46. The number of carbonyl (C=O) groups excluding carboxylic acids is 2. The largest absolute Gasteiger partial charge is 0.495 e. The van der Waals surface area contributed by atoms with Gasteiger partial charge in [0, 0.05) is 50.5 Å². The molecule has 2 N–H and O–H groups in total. The summed E-state index contributed by atoms with van der Waals surface area (Å²) in [4.78, 5) is 29.8. The van der Waals surface area contributed by atoms with Crippen molar-refractivity contribution in [1.29, 1.82) is 0 Å². The van der Waals surface area contributed by atoms with Crippen LogP contribution in [-0.4, -0.2) is 51.6 Å². The smallest absolute Gasteiger partial charge is 0.253 e. The lowest BCUT2D eigenvalue weighted by Crippen LogP contribution is -2.47. The summed E-state index contributed by atoms with van der Waals surface area (Å²) >= 11 is 0. The zero-order valence-electron chi connectivity index (χ0n) is 21.0. The van der Waals surface area contributed by atoms with Crippen molar-refractivity contribution in [1.82, 2.24) is 5.32 Å². The van der Waals surface area contributed by atoms with Crippen LogP contribution in [0.15, 0.2) is 72.8 Å². The Morgan fingerprint density at radius 3 is 2.22 bits per heavy atom. The van der Waals surface area contributed by atoms with E-state index in [2.05, 4.69) is 38.6 Å². The zero-order valence-corrected chi connectivity index (χ0v) is 21.0. The highest BCUT2D eigenvalue weighted by molar-refractivity contribution is 6.02. The molecule has 0 unspecified atom stereocenters. The minimum Gasteiger partial charge on any atom is -0.495 e. The second-order valence-electron chi connectivity index (χ2n) is 8.77. The first kappa shape index (κ1) is 25.1. The van der Waals surface area contributed by atoms with E-state index in [1.54, 1.807) is 13.2 Å². The molecule has 36 heavy (non-hydrogen) atoms. The predicted molar refractivity (Wildman–Crippen MR) is 145 cm³/mol. The molecule has 3 aromatic carbocycles. The molecule has 2 amide bonds. The Kier molecular flexibility index (Phi) is 8.44. The van der Waals surface area contributed by atoms with E-state index in [1.165, 1.54) is 5.56 Å². The lowest BCUT2D eigenvalue weighted by Gasteiger charge is -2.38. The minimum absolute atomic E-state index is 0.0800. The zero-order chi connectivity index (χ0) is 25.3. The first-order valence-corrected chi connectivity index (χ1v) is 12.5. The number of benzene rings is 3. The number of carbonyl (C=O) groups is 2. The summed E-state index contributed by atoms with van der Waals surface area (Å²) in [7, 11) is 1.69. The van der Waals surface area contributed by atoms with Crippen molar-refractivity contribution in [2.45, 2.75) is 19.8 Å². The van der Waals surface area contributed by atoms with Crippen molar-refractivity contribution in [3.05, 3.63) is 83.9 Å². The SMILES string of the molecule is CCC(=O)Nc1ccc(N2CCN(c3ccccc3OC)CC2)c(C(=O)NCCc2ccccc2)c1. The number of nitrogens with zero attached hydrogens (tertiary/aromatic N) is 2. The van der Waals surface area contributed by atoms with Crippen molar-refractivity contribution in [2.75, 3.05) is 55.0 Å². The molecule has 0 bridgehead atoms. The number of methoxy groups -OCH3 is 1. The first-order valence-electron chi connectivity index (χ1n) is 12.5. The molecule has 1 saturated heterocycles. The van der Waals surface area contributed by atoms with Gasteiger partial charge in [0.2, 0.25) is 5.91 Å². The van der Waals surface area contributed by atoms with Crippen LogP contribution in [0.1, 0.15) is 29.3 Å². The summed E-state index contributed by atoms with van der Waals surface area (Å²) in [6.07, 6.45) is 1.14. The number of hydrogen-bond donors (Lipinski definition) is 2. The van der Waals surface area contributed by atoms with Crippen LogP contribution in [0.25, 0.3) is 0 Å². The average Bonchev–Trinajstić information content (AvgIpc) is 2.93. The van der Waals surface area contributed by atoms with Gasteiger partial charge in [-0.05, 0) is 42.3 Å². The van der Waals surface area contributed by atoms with E-state index in [0.29, 0.717) is 24.2 Å². The summed E-state index contributed by atoms with van der Waals surface area (Å²) in [5.41, 5.74) is 4.33. The number of anilines is 3. The molecule has 0 radical (unpaired) electrons. The van der Waals surface area contributed by atoms with E-state index >= 15 is 0 Å². The summed E-state index contributed by atoms with van der Waals surface area (Å²) in [6, 6.07) is 23.7. The number of hydrogen-bond acceptors (Lipinski definition) is 5. The molecule has 7 nitrogen and oxygen atoms in total. The van der Waals surface area contributed by atoms with E-state index in [1.807, 2.05) is 55.5 Å². The monoisotopic (exact) mass is 486 g/mol. The van der Waals surface area contributed by atoms with Crippen LogP contribution in [-0.2, 0) is 11.2 Å². The number of para-hydroxylation sites is 2. The van der Waals surface area contributed by atoms with E-state index in [4.69, 9.17) is 4.74 Å². The van der Waals surface area contributed by atoms with Crippen molar-refractivity contribution >= 4 is 28.9 Å². The fraction of sp³-hybridized carbons (Fsp3) is 0.310. The number of piperazine rings is 1. The molecule has 0 saturated carbocycles. The number of nitrogens with one attached hydrogen (secondary N) is 2. The molecule has 1 aliphatic heterocycles. The Labute approximate surface area is 213 Å². The number of amides is 2. The number of rotatable bonds is 9.